The van der Waals surface area contributed by atoms with Crippen molar-refractivity contribution in [3.05, 3.63) is 186 Å². The van der Waals surface area contributed by atoms with Crippen LogP contribution in [0.3, 0.4) is 0 Å². The summed E-state index contributed by atoms with van der Waals surface area (Å²) in [6.45, 7) is 25.6. The van der Waals surface area contributed by atoms with Crippen LogP contribution in [0, 0.1) is 0 Å². The zero-order valence-electron chi connectivity index (χ0n) is 40.9. The van der Waals surface area contributed by atoms with Crippen molar-refractivity contribution in [3.8, 4) is 33.4 Å². The second-order valence-corrected chi connectivity index (χ2v) is 23.0. The second-order valence-electron chi connectivity index (χ2n) is 23.0. The molecule has 2 aliphatic heterocycles. The van der Waals surface area contributed by atoms with Crippen molar-refractivity contribution in [2.24, 2.45) is 0 Å². The molecule has 1 aromatic heterocycles. The number of nitrogens with zero attached hydrogens (tertiary/aromatic N) is 2. The van der Waals surface area contributed by atoms with E-state index in [1.54, 1.807) is 0 Å². The highest BCUT2D eigenvalue weighted by Crippen LogP contribution is 2.59. The minimum atomic E-state index is -0.253. The molecule has 4 heteroatoms. The van der Waals surface area contributed by atoms with Gasteiger partial charge in [-0.25, -0.2) is 0 Å². The molecular weight excluding hydrogens is 812 g/mol. The first kappa shape index (κ1) is 41.6. The lowest BCUT2D eigenvalue weighted by Crippen LogP contribution is -2.62. The highest BCUT2D eigenvalue weighted by atomic mass is 16.3. The van der Waals surface area contributed by atoms with Crippen molar-refractivity contribution in [1.82, 2.24) is 0 Å². The van der Waals surface area contributed by atoms with Crippen LogP contribution in [0.5, 0.6) is 0 Å². The molecule has 12 rings (SSSR count). The van der Waals surface area contributed by atoms with E-state index in [-0.39, 0.29) is 28.5 Å². The fourth-order valence-electron chi connectivity index (χ4n) is 11.8. The van der Waals surface area contributed by atoms with Crippen molar-refractivity contribution in [3.63, 3.8) is 0 Å². The number of anilines is 5. The predicted molar refractivity (Wildman–Crippen MR) is 287 cm³/mol. The molecule has 3 aliphatic rings. The van der Waals surface area contributed by atoms with Crippen LogP contribution in [0.4, 0.5) is 28.4 Å². The molecule has 67 heavy (non-hydrogen) atoms. The summed E-state index contributed by atoms with van der Waals surface area (Å²) in [5.41, 5.74) is 24.4. The fraction of sp³-hybridized carbons (Fsp3) is 0.238. The quantitative estimate of drug-likeness (QED) is 0.165. The normalized spacial score (nSPS) is 14.8. The molecule has 0 unspecified atom stereocenters. The van der Waals surface area contributed by atoms with E-state index in [1.165, 1.54) is 94.9 Å². The highest BCUT2D eigenvalue weighted by Gasteiger charge is 2.51. The summed E-state index contributed by atoms with van der Waals surface area (Å²) in [7, 11) is 0. The molecule has 0 fully saturated rings. The Balaban J connectivity index is 1.29. The predicted octanol–water partition coefficient (Wildman–Crippen LogP) is 16.2. The van der Waals surface area contributed by atoms with Crippen LogP contribution in [0.2, 0.25) is 0 Å². The van der Waals surface area contributed by atoms with Gasteiger partial charge in [0.1, 0.15) is 11.2 Å². The maximum absolute atomic E-state index is 6.85. The van der Waals surface area contributed by atoms with E-state index < -0.39 is 0 Å². The molecule has 0 N–H and O–H groups in total. The highest BCUT2D eigenvalue weighted by molar-refractivity contribution is 6.94. The van der Waals surface area contributed by atoms with Crippen molar-refractivity contribution in [2.45, 2.75) is 97.8 Å². The average Bonchev–Trinajstić information content (AvgIpc) is 3.80. The summed E-state index contributed by atoms with van der Waals surface area (Å²) in [4.78, 5) is 5.34. The largest absolute Gasteiger partial charge is 0.456 e. The van der Waals surface area contributed by atoms with Crippen LogP contribution < -0.4 is 20.6 Å². The van der Waals surface area contributed by atoms with Gasteiger partial charge in [-0.1, -0.05) is 185 Å². The lowest BCUT2D eigenvalue weighted by Gasteiger charge is -2.48. The Morgan fingerprint density at radius 2 is 1.13 bits per heavy atom. The van der Waals surface area contributed by atoms with Gasteiger partial charge in [0.25, 0.3) is 0 Å². The van der Waals surface area contributed by atoms with Gasteiger partial charge in [0, 0.05) is 39.0 Å². The van der Waals surface area contributed by atoms with Crippen molar-refractivity contribution < 1.29 is 4.42 Å². The van der Waals surface area contributed by atoms with E-state index in [9.17, 15) is 0 Å². The molecule has 3 nitrogen and oxygen atoms in total. The Labute approximate surface area is 397 Å². The Hall–Kier alpha value is -6.78. The fourth-order valence-corrected chi connectivity index (χ4v) is 11.8. The van der Waals surface area contributed by atoms with Crippen LogP contribution in [0.15, 0.2) is 162 Å². The van der Waals surface area contributed by atoms with Crippen molar-refractivity contribution >= 4 is 68.1 Å². The topological polar surface area (TPSA) is 19.6 Å². The summed E-state index contributed by atoms with van der Waals surface area (Å²) >= 11 is 0. The molecular formula is C63H59BN2O. The van der Waals surface area contributed by atoms with Crippen molar-refractivity contribution in [1.29, 1.82) is 0 Å². The first-order valence-corrected chi connectivity index (χ1v) is 24.2. The number of hydrogen-bond donors (Lipinski definition) is 0. The third-order valence-corrected chi connectivity index (χ3v) is 15.3. The standard InChI is InChI=1S/C63H59BN2O/c1-60(2,3)39-25-29-42(30-26-39)66-51-36-41(62(7,8)9)27-31-44(51)56-57-47(43-21-15-17-23-48(43)63(57,10)11)37-52-58(56)64(66)49-32-34-54-55(45-22-16-18-24-53(45)67-54)59(49)65(52)50-33-28-40(61(4,5)6)35-46(50)38-19-13-12-14-20-38/h12-37H,1-11H3. The van der Waals surface area contributed by atoms with Crippen LogP contribution in [0.25, 0.3) is 55.3 Å². The number of fused-ring (bicyclic) bond motifs is 12. The Kier molecular flexibility index (Phi) is 8.78. The van der Waals surface area contributed by atoms with E-state index in [0.717, 1.165) is 27.6 Å². The van der Waals surface area contributed by atoms with E-state index in [1.807, 2.05) is 0 Å². The molecule has 0 saturated carbocycles. The summed E-state index contributed by atoms with van der Waals surface area (Å²) < 4.78 is 6.85. The van der Waals surface area contributed by atoms with Crippen LogP contribution >= 0.6 is 0 Å². The van der Waals surface area contributed by atoms with Gasteiger partial charge in [-0.2, -0.15) is 0 Å². The number of hydrogen-bond acceptors (Lipinski definition) is 3. The smallest absolute Gasteiger partial charge is 0.333 e. The molecule has 1 aliphatic carbocycles. The molecule has 0 bridgehead atoms. The molecule has 330 valence electrons. The van der Waals surface area contributed by atoms with Gasteiger partial charge < -0.3 is 14.1 Å². The first-order valence-electron chi connectivity index (χ1n) is 24.2. The van der Waals surface area contributed by atoms with Gasteiger partial charge in [-0.3, -0.25) is 0 Å². The van der Waals surface area contributed by atoms with Gasteiger partial charge in [-0.05, 0) is 126 Å². The molecule has 0 atom stereocenters. The lowest BCUT2D eigenvalue weighted by atomic mass is 9.42. The van der Waals surface area contributed by atoms with Gasteiger partial charge in [0.2, 0.25) is 0 Å². The van der Waals surface area contributed by atoms with E-state index in [0.29, 0.717) is 0 Å². The number of benzene rings is 8. The molecule has 3 heterocycles. The third kappa shape index (κ3) is 6.11. The van der Waals surface area contributed by atoms with Gasteiger partial charge in [0.05, 0.1) is 16.8 Å². The van der Waals surface area contributed by atoms with Crippen LogP contribution in [-0.2, 0) is 21.7 Å². The molecule has 0 radical (unpaired) electrons. The molecule has 9 aromatic rings. The second kappa shape index (κ2) is 14.1. The Morgan fingerprint density at radius 3 is 1.87 bits per heavy atom. The number of rotatable bonds is 3. The van der Waals surface area contributed by atoms with Gasteiger partial charge in [0.15, 0.2) is 0 Å². The van der Waals surface area contributed by atoms with Crippen molar-refractivity contribution in [2.75, 3.05) is 9.71 Å². The molecule has 0 spiro atoms. The summed E-state index contributed by atoms with van der Waals surface area (Å²) in [5.74, 6) is 0. The summed E-state index contributed by atoms with van der Waals surface area (Å²) in [5, 5.41) is 2.26. The van der Waals surface area contributed by atoms with Gasteiger partial charge in [-0.15, -0.1) is 0 Å². The van der Waals surface area contributed by atoms with Gasteiger partial charge >= 0.3 is 6.85 Å². The maximum atomic E-state index is 6.85. The maximum Gasteiger partial charge on any atom is 0.333 e. The Bertz CT molecular complexity index is 3500. The number of para-hydroxylation sites is 1. The minimum Gasteiger partial charge on any atom is -0.456 e. The zero-order chi connectivity index (χ0) is 46.5. The number of furan rings is 1. The summed E-state index contributed by atoms with van der Waals surface area (Å²) in [6.07, 6.45) is 0. The molecule has 0 amide bonds. The van der Waals surface area contributed by atoms with E-state index in [2.05, 4.69) is 244 Å². The van der Waals surface area contributed by atoms with E-state index >= 15 is 0 Å². The minimum absolute atomic E-state index is 0.0174. The lowest BCUT2D eigenvalue weighted by molar-refractivity contribution is 0.590. The molecule has 8 aromatic carbocycles. The average molecular weight is 871 g/mol. The monoisotopic (exact) mass is 870 g/mol. The van der Waals surface area contributed by atoms with Crippen LogP contribution in [0.1, 0.15) is 104 Å². The first-order chi connectivity index (χ1) is 31.9. The Morgan fingerprint density at radius 1 is 0.493 bits per heavy atom. The molecule has 0 saturated heterocycles. The SMILES string of the molecule is CC(C)(C)c1ccc(N2B3c4ccc5oc6ccccc6c5c4N(c4ccc(C(C)(C)C)cc4-c4ccccc4)c4cc5c(c(c43)-c3ccc(C(C)(C)C)cc32)C(C)(C)c2ccccc2-5)cc1. The van der Waals surface area contributed by atoms with Crippen LogP contribution in [-0.4, -0.2) is 6.85 Å². The van der Waals surface area contributed by atoms with E-state index in [4.69, 9.17) is 4.42 Å². The zero-order valence-corrected chi connectivity index (χ0v) is 40.9. The third-order valence-electron chi connectivity index (χ3n) is 15.3. The summed E-state index contributed by atoms with van der Waals surface area (Å²) in [6, 6.07) is 60.0.